The summed E-state index contributed by atoms with van der Waals surface area (Å²) >= 11 is 0. The van der Waals surface area contributed by atoms with Gasteiger partial charge in [-0.25, -0.2) is 4.79 Å². The molecule has 4 heteroatoms. The fourth-order valence-corrected chi connectivity index (χ4v) is 1.29. The molecule has 2 amide bonds. The number of hydroxylamine groups is 2. The molecule has 1 aromatic rings. The Morgan fingerprint density at radius 3 is 2.64 bits per heavy atom. The van der Waals surface area contributed by atoms with Gasteiger partial charge in [0, 0.05) is 6.20 Å². The van der Waals surface area contributed by atoms with Crippen molar-refractivity contribution in [1.82, 2.24) is 5.06 Å². The lowest BCUT2D eigenvalue weighted by Gasteiger charge is -2.13. The van der Waals surface area contributed by atoms with Gasteiger partial charge in [-0.1, -0.05) is 30.3 Å². The van der Waals surface area contributed by atoms with Gasteiger partial charge in [-0.05, 0) is 11.6 Å². The molecule has 4 nitrogen and oxygen atoms in total. The van der Waals surface area contributed by atoms with Crippen LogP contribution in [0.3, 0.4) is 0 Å². The number of carbonyl (C=O) groups is 1. The lowest BCUT2D eigenvalue weighted by atomic mass is 10.1. The molecule has 2 N–H and O–H groups in total. The van der Waals surface area contributed by atoms with Crippen molar-refractivity contribution in [3.8, 4) is 0 Å². The predicted molar refractivity (Wildman–Crippen MR) is 50.8 cm³/mol. The van der Waals surface area contributed by atoms with Crippen LogP contribution < -0.4 is 5.73 Å². The minimum absolute atomic E-state index is 0.219. The molecule has 1 aromatic carbocycles. The van der Waals surface area contributed by atoms with Crippen LogP contribution in [0, 0.1) is 0 Å². The molecular weight excluding hydrogens is 180 g/mol. The first kappa shape index (κ1) is 8.77. The monoisotopic (exact) mass is 190 g/mol. The van der Waals surface area contributed by atoms with Crippen molar-refractivity contribution in [2.75, 3.05) is 0 Å². The third-order valence-corrected chi connectivity index (χ3v) is 1.97. The van der Waals surface area contributed by atoms with E-state index < -0.39 is 6.03 Å². The highest BCUT2D eigenvalue weighted by molar-refractivity contribution is 5.72. The Balaban J connectivity index is 2.11. The van der Waals surface area contributed by atoms with Gasteiger partial charge in [-0.3, -0.25) is 4.84 Å². The Hall–Kier alpha value is -1.81. The number of carbonyl (C=O) groups excluding carboxylic acids is 1. The lowest BCUT2D eigenvalue weighted by molar-refractivity contribution is -0.0905. The average Bonchev–Trinajstić information content (AvgIpc) is 2.68. The van der Waals surface area contributed by atoms with Gasteiger partial charge in [0.25, 0.3) is 0 Å². The zero-order valence-electron chi connectivity index (χ0n) is 7.46. The molecule has 14 heavy (non-hydrogen) atoms. The summed E-state index contributed by atoms with van der Waals surface area (Å²) in [4.78, 5) is 16.0. The number of urea groups is 1. The van der Waals surface area contributed by atoms with Crippen LogP contribution in [0.25, 0.3) is 0 Å². The summed E-state index contributed by atoms with van der Waals surface area (Å²) in [6, 6.07) is 9.01. The van der Waals surface area contributed by atoms with E-state index in [4.69, 9.17) is 10.6 Å². The second-order valence-corrected chi connectivity index (χ2v) is 2.94. The van der Waals surface area contributed by atoms with Crippen molar-refractivity contribution in [2.24, 2.45) is 5.73 Å². The maximum Gasteiger partial charge on any atom is 0.342 e. The molecule has 0 bridgehead atoms. The highest BCUT2D eigenvalue weighted by Gasteiger charge is 2.21. The van der Waals surface area contributed by atoms with Crippen molar-refractivity contribution < 1.29 is 9.63 Å². The maximum absolute atomic E-state index is 10.8. The molecule has 0 spiro atoms. The smallest absolute Gasteiger partial charge is 0.342 e. The molecule has 72 valence electrons. The molecule has 1 atom stereocenters. The standard InChI is InChI=1S/C10H10N2O2/c11-10(13)12-7-6-9(14-12)8-4-2-1-3-5-8/h1-7,9H,(H2,11,13). The van der Waals surface area contributed by atoms with E-state index in [1.807, 2.05) is 30.3 Å². The third-order valence-electron chi connectivity index (χ3n) is 1.97. The van der Waals surface area contributed by atoms with E-state index in [0.717, 1.165) is 10.6 Å². The van der Waals surface area contributed by atoms with E-state index in [2.05, 4.69) is 0 Å². The molecule has 0 aromatic heterocycles. The van der Waals surface area contributed by atoms with Gasteiger partial charge in [0.15, 0.2) is 0 Å². The van der Waals surface area contributed by atoms with Gasteiger partial charge < -0.3 is 5.73 Å². The number of rotatable bonds is 1. The van der Waals surface area contributed by atoms with E-state index in [1.54, 1.807) is 6.08 Å². The van der Waals surface area contributed by atoms with Crippen molar-refractivity contribution in [1.29, 1.82) is 0 Å². The number of nitrogens with zero attached hydrogens (tertiary/aromatic N) is 1. The Labute approximate surface area is 81.5 Å². The fourth-order valence-electron chi connectivity index (χ4n) is 1.29. The molecular formula is C10H10N2O2. The molecule has 0 aliphatic carbocycles. The summed E-state index contributed by atoms with van der Waals surface area (Å²) in [6.07, 6.45) is 3.09. The van der Waals surface area contributed by atoms with E-state index in [0.29, 0.717) is 0 Å². The van der Waals surface area contributed by atoms with Crippen LogP contribution in [-0.4, -0.2) is 11.1 Å². The summed E-state index contributed by atoms with van der Waals surface area (Å²) in [6.45, 7) is 0. The second kappa shape index (κ2) is 3.51. The van der Waals surface area contributed by atoms with Crippen LogP contribution in [0.1, 0.15) is 11.7 Å². The number of benzene rings is 1. The number of hydrogen-bond donors (Lipinski definition) is 1. The molecule has 1 aliphatic heterocycles. The molecule has 1 unspecified atom stereocenters. The minimum atomic E-state index is -0.611. The van der Waals surface area contributed by atoms with Gasteiger partial charge in [0.2, 0.25) is 0 Å². The first-order valence-electron chi connectivity index (χ1n) is 4.26. The van der Waals surface area contributed by atoms with E-state index in [-0.39, 0.29) is 6.10 Å². The second-order valence-electron chi connectivity index (χ2n) is 2.94. The summed E-state index contributed by atoms with van der Waals surface area (Å²) in [5.41, 5.74) is 6.04. The zero-order valence-corrected chi connectivity index (χ0v) is 7.46. The van der Waals surface area contributed by atoms with Gasteiger partial charge in [-0.2, -0.15) is 5.06 Å². The van der Waals surface area contributed by atoms with Crippen LogP contribution in [0.4, 0.5) is 4.79 Å². The minimum Gasteiger partial charge on any atom is -0.349 e. The first-order valence-corrected chi connectivity index (χ1v) is 4.26. The molecule has 0 radical (unpaired) electrons. The molecule has 2 rings (SSSR count). The average molecular weight is 190 g/mol. The van der Waals surface area contributed by atoms with Crippen LogP contribution in [-0.2, 0) is 4.84 Å². The fraction of sp³-hybridized carbons (Fsp3) is 0.100. The van der Waals surface area contributed by atoms with Crippen molar-refractivity contribution >= 4 is 6.03 Å². The Kier molecular flexibility index (Phi) is 2.20. The maximum atomic E-state index is 10.8. The zero-order chi connectivity index (χ0) is 9.97. The van der Waals surface area contributed by atoms with Crippen LogP contribution in [0.5, 0.6) is 0 Å². The summed E-state index contributed by atoms with van der Waals surface area (Å²) in [5.74, 6) is 0. The van der Waals surface area contributed by atoms with Crippen molar-refractivity contribution in [2.45, 2.75) is 6.10 Å². The molecule has 1 heterocycles. The molecule has 0 saturated heterocycles. The van der Waals surface area contributed by atoms with Crippen molar-refractivity contribution in [3.63, 3.8) is 0 Å². The first-order chi connectivity index (χ1) is 6.77. The number of hydrogen-bond acceptors (Lipinski definition) is 2. The number of nitrogens with two attached hydrogens (primary N) is 1. The Morgan fingerprint density at radius 1 is 1.36 bits per heavy atom. The van der Waals surface area contributed by atoms with E-state index in [1.165, 1.54) is 6.20 Å². The summed E-state index contributed by atoms with van der Waals surface area (Å²) in [7, 11) is 0. The molecule has 1 aliphatic rings. The normalized spacial score (nSPS) is 20.0. The lowest BCUT2D eigenvalue weighted by Crippen LogP contribution is -2.29. The summed E-state index contributed by atoms with van der Waals surface area (Å²) < 4.78 is 0. The van der Waals surface area contributed by atoms with Crippen LogP contribution in [0.15, 0.2) is 42.6 Å². The Bertz CT molecular complexity index is 362. The molecule has 0 fully saturated rings. The topological polar surface area (TPSA) is 55.6 Å². The SMILES string of the molecule is NC(=O)N1C=CC(c2ccccc2)O1. The van der Waals surface area contributed by atoms with Crippen LogP contribution in [0.2, 0.25) is 0 Å². The van der Waals surface area contributed by atoms with E-state index in [9.17, 15) is 4.79 Å². The van der Waals surface area contributed by atoms with E-state index >= 15 is 0 Å². The van der Waals surface area contributed by atoms with Crippen LogP contribution >= 0.6 is 0 Å². The third kappa shape index (κ3) is 1.60. The van der Waals surface area contributed by atoms with Gasteiger partial charge in [-0.15, -0.1) is 0 Å². The quantitative estimate of drug-likeness (QED) is 0.730. The van der Waals surface area contributed by atoms with Gasteiger partial charge in [0.05, 0.1) is 0 Å². The van der Waals surface area contributed by atoms with Crippen molar-refractivity contribution in [3.05, 3.63) is 48.2 Å². The highest BCUT2D eigenvalue weighted by atomic mass is 16.7. The number of amides is 2. The van der Waals surface area contributed by atoms with Gasteiger partial charge in [0.1, 0.15) is 6.10 Å². The van der Waals surface area contributed by atoms with Gasteiger partial charge >= 0.3 is 6.03 Å². The largest absolute Gasteiger partial charge is 0.349 e. The summed E-state index contributed by atoms with van der Waals surface area (Å²) in [5, 5.41) is 1.03. The Morgan fingerprint density at radius 2 is 2.07 bits per heavy atom. The molecule has 0 saturated carbocycles. The highest BCUT2D eigenvalue weighted by Crippen LogP contribution is 2.25. The number of primary amides is 1. The predicted octanol–water partition coefficient (Wildman–Crippen LogP) is 1.57.